The Bertz CT molecular complexity index is 1090. The van der Waals surface area contributed by atoms with Crippen molar-refractivity contribution in [3.05, 3.63) is 99.1 Å². The molecule has 0 radical (unpaired) electrons. The zero-order valence-corrected chi connectivity index (χ0v) is 18.8. The van der Waals surface area contributed by atoms with Gasteiger partial charge in [-0.05, 0) is 70.1 Å². The smallest absolute Gasteiger partial charge is 0.271 e. The van der Waals surface area contributed by atoms with Crippen LogP contribution in [0.1, 0.15) is 26.9 Å². The summed E-state index contributed by atoms with van der Waals surface area (Å²) in [5.41, 5.74) is 5.79. The van der Waals surface area contributed by atoms with E-state index in [1.54, 1.807) is 47.1 Å². The quantitative estimate of drug-likeness (QED) is 0.294. The molecule has 30 heavy (non-hydrogen) atoms. The van der Waals surface area contributed by atoms with Gasteiger partial charge in [0.2, 0.25) is 5.91 Å². The third-order valence-corrected chi connectivity index (χ3v) is 6.47. The molecule has 0 spiro atoms. The van der Waals surface area contributed by atoms with Crippen molar-refractivity contribution in [2.45, 2.75) is 5.37 Å². The summed E-state index contributed by atoms with van der Waals surface area (Å²) in [5, 5.41) is 3.97. The van der Waals surface area contributed by atoms with Crippen molar-refractivity contribution in [3.63, 3.8) is 0 Å². The second-order valence-corrected chi connectivity index (χ2v) is 8.95. The average Bonchev–Trinajstić information content (AvgIpc) is 3.16. The van der Waals surface area contributed by atoms with Crippen molar-refractivity contribution in [2.75, 3.05) is 10.7 Å². The van der Waals surface area contributed by atoms with Crippen molar-refractivity contribution >= 4 is 58.1 Å². The van der Waals surface area contributed by atoms with Gasteiger partial charge < -0.3 is 0 Å². The minimum atomic E-state index is -0.301. The van der Waals surface area contributed by atoms with Crippen LogP contribution in [0, 0.1) is 3.57 Å². The number of benzene rings is 3. The van der Waals surface area contributed by atoms with Crippen molar-refractivity contribution in [3.8, 4) is 0 Å². The lowest BCUT2D eigenvalue weighted by Crippen LogP contribution is -2.28. The van der Waals surface area contributed by atoms with E-state index in [9.17, 15) is 9.59 Å². The summed E-state index contributed by atoms with van der Waals surface area (Å²) in [5.74, 6) is 0.202. The Hall–Kier alpha value is -2.65. The van der Waals surface area contributed by atoms with Crippen LogP contribution >= 0.6 is 34.4 Å². The second-order valence-electron chi connectivity index (χ2n) is 6.64. The van der Waals surface area contributed by atoms with E-state index < -0.39 is 0 Å². The first-order valence-corrected chi connectivity index (χ1v) is 11.4. The van der Waals surface area contributed by atoms with E-state index in [0.29, 0.717) is 11.3 Å². The highest BCUT2D eigenvalue weighted by Crippen LogP contribution is 2.41. The predicted molar refractivity (Wildman–Crippen MR) is 130 cm³/mol. The summed E-state index contributed by atoms with van der Waals surface area (Å²) < 4.78 is 1.10. The van der Waals surface area contributed by atoms with Gasteiger partial charge >= 0.3 is 0 Å². The molecule has 1 aliphatic rings. The summed E-state index contributed by atoms with van der Waals surface area (Å²) in [6, 6.07) is 24.8. The normalized spacial score (nSPS) is 16.2. The lowest BCUT2D eigenvalue weighted by atomic mass is 10.1. The van der Waals surface area contributed by atoms with Gasteiger partial charge in [0.1, 0.15) is 5.37 Å². The number of halogens is 1. The highest BCUT2D eigenvalue weighted by Gasteiger charge is 2.33. The maximum absolute atomic E-state index is 12.5. The molecule has 3 aromatic rings. The molecule has 0 saturated carbocycles. The lowest BCUT2D eigenvalue weighted by molar-refractivity contribution is -0.115. The molecule has 1 fully saturated rings. The number of rotatable bonds is 5. The Morgan fingerprint density at radius 1 is 1.07 bits per heavy atom. The summed E-state index contributed by atoms with van der Waals surface area (Å²) in [6.45, 7) is 0. The van der Waals surface area contributed by atoms with Crippen LogP contribution in [0.25, 0.3) is 0 Å². The van der Waals surface area contributed by atoms with Gasteiger partial charge in [-0.3, -0.25) is 14.5 Å². The number of hydrogen-bond acceptors (Lipinski definition) is 4. The van der Waals surface area contributed by atoms with Crippen molar-refractivity contribution in [1.29, 1.82) is 0 Å². The third-order valence-electron chi connectivity index (χ3n) is 4.59. The number of anilines is 1. The SMILES string of the molecule is O=C(NN=Cc1cccc(I)c1)c1ccc(N2C(=O)CS[C@H]2c2ccccc2)cc1. The van der Waals surface area contributed by atoms with Gasteiger partial charge in [-0.1, -0.05) is 42.5 Å². The molecule has 2 amide bonds. The Labute approximate surface area is 192 Å². The van der Waals surface area contributed by atoms with Crippen LogP contribution in [-0.2, 0) is 4.79 Å². The van der Waals surface area contributed by atoms with Crippen molar-refractivity contribution < 1.29 is 9.59 Å². The van der Waals surface area contributed by atoms with Crippen LogP contribution < -0.4 is 10.3 Å². The molecule has 0 aliphatic carbocycles. The maximum atomic E-state index is 12.5. The van der Waals surface area contributed by atoms with Crippen LogP contribution in [-0.4, -0.2) is 23.8 Å². The Morgan fingerprint density at radius 3 is 2.57 bits per heavy atom. The van der Waals surface area contributed by atoms with Gasteiger partial charge in [0.05, 0.1) is 12.0 Å². The van der Waals surface area contributed by atoms with Gasteiger partial charge in [-0.2, -0.15) is 5.10 Å². The topological polar surface area (TPSA) is 61.8 Å². The van der Waals surface area contributed by atoms with Crippen LogP contribution in [0.5, 0.6) is 0 Å². The fraction of sp³-hybridized carbons (Fsp3) is 0.0870. The van der Waals surface area contributed by atoms with Crippen molar-refractivity contribution in [2.24, 2.45) is 5.10 Å². The van der Waals surface area contributed by atoms with E-state index >= 15 is 0 Å². The highest BCUT2D eigenvalue weighted by atomic mass is 127. The molecule has 7 heteroatoms. The number of hydrogen-bond donors (Lipinski definition) is 1. The Morgan fingerprint density at radius 2 is 1.83 bits per heavy atom. The largest absolute Gasteiger partial charge is 0.295 e. The lowest BCUT2D eigenvalue weighted by Gasteiger charge is -2.24. The molecule has 150 valence electrons. The molecule has 1 atom stereocenters. The zero-order chi connectivity index (χ0) is 20.9. The molecule has 5 nitrogen and oxygen atoms in total. The number of nitrogens with zero attached hydrogens (tertiary/aromatic N) is 2. The minimum Gasteiger partial charge on any atom is -0.295 e. The van der Waals surface area contributed by atoms with Gasteiger partial charge in [-0.15, -0.1) is 11.8 Å². The van der Waals surface area contributed by atoms with Gasteiger partial charge in [0.15, 0.2) is 0 Å². The van der Waals surface area contributed by atoms with Crippen LogP contribution in [0.3, 0.4) is 0 Å². The van der Waals surface area contributed by atoms with Crippen LogP contribution in [0.2, 0.25) is 0 Å². The summed E-state index contributed by atoms with van der Waals surface area (Å²) in [7, 11) is 0. The summed E-state index contributed by atoms with van der Waals surface area (Å²) >= 11 is 3.83. The molecule has 1 heterocycles. The Balaban J connectivity index is 1.45. The van der Waals surface area contributed by atoms with Crippen LogP contribution in [0.4, 0.5) is 5.69 Å². The van der Waals surface area contributed by atoms with E-state index in [0.717, 1.165) is 20.4 Å². The standard InChI is InChI=1S/C23H18IN3O2S/c24-19-8-4-5-16(13-19)14-25-26-22(29)17-9-11-20(12-10-17)27-21(28)15-30-23(27)18-6-2-1-3-7-18/h1-14,23H,15H2,(H,26,29)/t23-/m0/s1. The molecule has 1 aliphatic heterocycles. The fourth-order valence-electron chi connectivity index (χ4n) is 3.16. The molecule has 1 N–H and O–H groups in total. The molecule has 4 rings (SSSR count). The molecule has 0 bridgehead atoms. The van der Waals surface area contributed by atoms with Crippen LogP contribution in [0.15, 0.2) is 84.0 Å². The molecule has 0 aromatic heterocycles. The number of thioether (sulfide) groups is 1. The van der Waals surface area contributed by atoms with Crippen molar-refractivity contribution in [1.82, 2.24) is 5.43 Å². The first kappa shape index (κ1) is 20.6. The monoisotopic (exact) mass is 527 g/mol. The summed E-state index contributed by atoms with van der Waals surface area (Å²) in [4.78, 5) is 26.6. The molecular weight excluding hydrogens is 509 g/mol. The molecule has 1 saturated heterocycles. The van der Waals surface area contributed by atoms with Gasteiger partial charge in [0, 0.05) is 14.8 Å². The number of carbonyl (C=O) groups excluding carboxylic acids is 2. The van der Waals surface area contributed by atoms with E-state index in [2.05, 4.69) is 33.1 Å². The number of carbonyl (C=O) groups is 2. The van der Waals surface area contributed by atoms with Gasteiger partial charge in [-0.25, -0.2) is 5.43 Å². The predicted octanol–water partition coefficient (Wildman–Crippen LogP) is 4.83. The second kappa shape index (κ2) is 9.44. The molecular formula is C23H18IN3O2S. The van der Waals surface area contributed by atoms with E-state index in [4.69, 9.17) is 0 Å². The molecule has 0 unspecified atom stereocenters. The number of hydrazone groups is 1. The van der Waals surface area contributed by atoms with E-state index in [-0.39, 0.29) is 17.2 Å². The number of nitrogens with one attached hydrogen (secondary N) is 1. The zero-order valence-electron chi connectivity index (χ0n) is 15.9. The number of amides is 2. The first-order valence-electron chi connectivity index (χ1n) is 9.29. The van der Waals surface area contributed by atoms with E-state index in [1.165, 1.54) is 0 Å². The minimum absolute atomic E-state index is 0.0587. The molecule has 3 aromatic carbocycles. The first-order chi connectivity index (χ1) is 14.6. The van der Waals surface area contributed by atoms with E-state index in [1.807, 2.05) is 54.6 Å². The third kappa shape index (κ3) is 4.73. The Kier molecular flexibility index (Phi) is 6.49. The average molecular weight is 527 g/mol. The maximum Gasteiger partial charge on any atom is 0.271 e. The van der Waals surface area contributed by atoms with Gasteiger partial charge in [0.25, 0.3) is 5.91 Å². The highest BCUT2D eigenvalue weighted by molar-refractivity contribution is 14.1. The fourth-order valence-corrected chi connectivity index (χ4v) is 4.90. The summed E-state index contributed by atoms with van der Waals surface area (Å²) in [6.07, 6.45) is 1.61.